The molecule has 1 aromatic heterocycles. The predicted molar refractivity (Wildman–Crippen MR) is 126 cm³/mol. The van der Waals surface area contributed by atoms with Gasteiger partial charge in [-0.15, -0.1) is 6.42 Å². The molecule has 0 unspecified atom stereocenters. The van der Waals surface area contributed by atoms with Crippen molar-refractivity contribution in [1.82, 2.24) is 4.57 Å². The Kier molecular flexibility index (Phi) is 4.92. The lowest BCUT2D eigenvalue weighted by atomic mass is 9.96. The van der Waals surface area contributed by atoms with Gasteiger partial charge in [0, 0.05) is 28.4 Å². The average molecular weight is 409 g/mol. The molecule has 0 amide bonds. The lowest BCUT2D eigenvalue weighted by Crippen LogP contribution is -2.09. The van der Waals surface area contributed by atoms with Crippen molar-refractivity contribution in [2.75, 3.05) is 0 Å². The standard InChI is InChI=1S/C26H23N3O2/c1-4-21(27)24(28)20-13-15(2)25-23(16(20)3)19-7-5-6-8-22(19)29(25)14-17-9-11-18(12-10-17)26(30)31/h1,5-13H,14,27-28H2,2-3H3,(H,30,31)/b24-21-. The van der Waals surface area contributed by atoms with Crippen LogP contribution in [0.25, 0.3) is 27.5 Å². The van der Waals surface area contributed by atoms with Crippen LogP contribution >= 0.6 is 0 Å². The minimum atomic E-state index is -0.931. The number of carboxylic acids is 1. The van der Waals surface area contributed by atoms with Crippen molar-refractivity contribution in [3.8, 4) is 12.3 Å². The number of benzene rings is 3. The van der Waals surface area contributed by atoms with Crippen molar-refractivity contribution >= 4 is 33.5 Å². The first-order valence-electron chi connectivity index (χ1n) is 9.89. The van der Waals surface area contributed by atoms with Crippen LogP contribution in [0.3, 0.4) is 0 Å². The molecule has 5 nitrogen and oxygen atoms in total. The minimum Gasteiger partial charge on any atom is -0.478 e. The third kappa shape index (κ3) is 3.28. The Morgan fingerprint density at radius 3 is 2.42 bits per heavy atom. The Morgan fingerprint density at radius 1 is 1.10 bits per heavy atom. The molecule has 4 aromatic rings. The summed E-state index contributed by atoms with van der Waals surface area (Å²) in [6.45, 7) is 4.70. The van der Waals surface area contributed by atoms with Gasteiger partial charge in [0.2, 0.25) is 0 Å². The van der Waals surface area contributed by atoms with E-state index in [9.17, 15) is 4.79 Å². The van der Waals surface area contributed by atoms with Crippen LogP contribution in [-0.4, -0.2) is 15.6 Å². The molecular formula is C26H23N3O2. The van der Waals surface area contributed by atoms with E-state index >= 15 is 0 Å². The first kappa shape index (κ1) is 20.1. The molecule has 4 rings (SSSR count). The van der Waals surface area contributed by atoms with Crippen molar-refractivity contribution in [3.63, 3.8) is 0 Å². The summed E-state index contributed by atoms with van der Waals surface area (Å²) in [7, 11) is 0. The molecule has 0 fully saturated rings. The van der Waals surface area contributed by atoms with Crippen LogP contribution in [0.1, 0.15) is 32.6 Å². The monoisotopic (exact) mass is 409 g/mol. The van der Waals surface area contributed by atoms with Gasteiger partial charge >= 0.3 is 5.97 Å². The molecule has 31 heavy (non-hydrogen) atoms. The zero-order chi connectivity index (χ0) is 22.3. The number of fused-ring (bicyclic) bond motifs is 3. The molecule has 0 radical (unpaired) electrons. The fourth-order valence-corrected chi connectivity index (χ4v) is 4.22. The summed E-state index contributed by atoms with van der Waals surface area (Å²) < 4.78 is 2.26. The van der Waals surface area contributed by atoms with E-state index in [0.717, 1.165) is 44.1 Å². The number of nitrogens with two attached hydrogens (primary N) is 2. The summed E-state index contributed by atoms with van der Waals surface area (Å²) in [6.07, 6.45) is 5.47. The Hall–Kier alpha value is -4.17. The maximum Gasteiger partial charge on any atom is 0.335 e. The summed E-state index contributed by atoms with van der Waals surface area (Å²) in [6, 6.07) is 17.2. The van der Waals surface area contributed by atoms with Crippen LogP contribution in [0.4, 0.5) is 0 Å². The number of aryl methyl sites for hydroxylation is 2. The lowest BCUT2D eigenvalue weighted by Gasteiger charge is -2.14. The van der Waals surface area contributed by atoms with Crippen LogP contribution in [-0.2, 0) is 6.54 Å². The molecule has 0 atom stereocenters. The van der Waals surface area contributed by atoms with E-state index in [1.807, 2.05) is 44.2 Å². The highest BCUT2D eigenvalue weighted by Gasteiger charge is 2.19. The van der Waals surface area contributed by atoms with Gasteiger partial charge < -0.3 is 21.1 Å². The largest absolute Gasteiger partial charge is 0.478 e. The van der Waals surface area contributed by atoms with Gasteiger partial charge in [0.05, 0.1) is 16.8 Å². The van der Waals surface area contributed by atoms with Gasteiger partial charge in [-0.05, 0) is 54.8 Å². The summed E-state index contributed by atoms with van der Waals surface area (Å²) >= 11 is 0. The number of carbonyl (C=O) groups is 1. The zero-order valence-corrected chi connectivity index (χ0v) is 17.4. The fourth-order valence-electron chi connectivity index (χ4n) is 4.22. The molecule has 3 aromatic carbocycles. The van der Waals surface area contributed by atoms with E-state index in [1.165, 1.54) is 0 Å². The van der Waals surface area contributed by atoms with Gasteiger partial charge in [0.25, 0.3) is 0 Å². The molecule has 0 saturated heterocycles. The summed E-state index contributed by atoms with van der Waals surface area (Å²) in [5, 5.41) is 11.4. The summed E-state index contributed by atoms with van der Waals surface area (Å²) in [5.41, 5.74) is 19.3. The van der Waals surface area contributed by atoms with Crippen molar-refractivity contribution in [3.05, 3.63) is 88.1 Å². The molecule has 0 bridgehead atoms. The number of aromatic nitrogens is 1. The van der Waals surface area contributed by atoms with Crippen molar-refractivity contribution < 1.29 is 9.90 Å². The maximum atomic E-state index is 11.2. The second-order valence-electron chi connectivity index (χ2n) is 7.67. The first-order valence-corrected chi connectivity index (χ1v) is 9.89. The van der Waals surface area contributed by atoms with Gasteiger partial charge in [-0.2, -0.15) is 0 Å². The van der Waals surface area contributed by atoms with E-state index < -0.39 is 5.97 Å². The Labute approximate surface area is 180 Å². The van der Waals surface area contributed by atoms with Crippen LogP contribution in [0.15, 0.2) is 60.3 Å². The molecule has 0 spiro atoms. The van der Waals surface area contributed by atoms with E-state index in [1.54, 1.807) is 12.1 Å². The molecule has 0 saturated carbocycles. The number of hydrogen-bond donors (Lipinski definition) is 3. The van der Waals surface area contributed by atoms with Gasteiger partial charge in [-0.1, -0.05) is 36.3 Å². The van der Waals surface area contributed by atoms with Gasteiger partial charge in [0.15, 0.2) is 0 Å². The van der Waals surface area contributed by atoms with E-state index in [-0.39, 0.29) is 11.3 Å². The summed E-state index contributed by atoms with van der Waals surface area (Å²) in [4.78, 5) is 11.2. The summed E-state index contributed by atoms with van der Waals surface area (Å²) in [5.74, 6) is 1.50. The molecule has 0 aliphatic heterocycles. The van der Waals surface area contributed by atoms with Crippen molar-refractivity contribution in [2.45, 2.75) is 20.4 Å². The minimum absolute atomic E-state index is 0.226. The molecule has 1 heterocycles. The molecule has 5 heteroatoms. The Balaban J connectivity index is 1.99. The van der Waals surface area contributed by atoms with Gasteiger partial charge in [0.1, 0.15) is 5.70 Å². The number of allylic oxidation sites excluding steroid dienone is 1. The van der Waals surface area contributed by atoms with Crippen LogP contribution in [0, 0.1) is 26.2 Å². The highest BCUT2D eigenvalue weighted by atomic mass is 16.4. The van der Waals surface area contributed by atoms with Gasteiger partial charge in [-0.3, -0.25) is 0 Å². The van der Waals surface area contributed by atoms with E-state index in [2.05, 4.69) is 22.6 Å². The molecular weight excluding hydrogens is 386 g/mol. The average Bonchev–Trinajstić information content (AvgIpc) is 3.10. The number of terminal acetylenes is 1. The quantitative estimate of drug-likeness (QED) is 0.436. The number of hydrogen-bond acceptors (Lipinski definition) is 3. The predicted octanol–water partition coefficient (Wildman–Crippen LogP) is 4.38. The molecule has 154 valence electrons. The van der Waals surface area contributed by atoms with Gasteiger partial charge in [-0.25, -0.2) is 4.79 Å². The fraction of sp³-hybridized carbons (Fsp3) is 0.115. The Bertz CT molecular complexity index is 1420. The maximum absolute atomic E-state index is 11.2. The van der Waals surface area contributed by atoms with Crippen LogP contribution in [0.5, 0.6) is 0 Å². The third-order valence-electron chi connectivity index (χ3n) is 5.76. The van der Waals surface area contributed by atoms with Crippen molar-refractivity contribution in [2.24, 2.45) is 11.5 Å². The number of aromatic carboxylic acids is 1. The zero-order valence-electron chi connectivity index (χ0n) is 17.4. The van der Waals surface area contributed by atoms with Crippen LogP contribution in [0.2, 0.25) is 0 Å². The van der Waals surface area contributed by atoms with Crippen LogP contribution < -0.4 is 11.5 Å². The molecule has 5 N–H and O–H groups in total. The number of rotatable bonds is 4. The Morgan fingerprint density at radius 2 is 1.77 bits per heavy atom. The molecule has 0 aliphatic carbocycles. The highest BCUT2D eigenvalue weighted by Crippen LogP contribution is 2.37. The van der Waals surface area contributed by atoms with E-state index in [4.69, 9.17) is 23.0 Å². The highest BCUT2D eigenvalue weighted by molar-refractivity contribution is 6.12. The second-order valence-corrected chi connectivity index (χ2v) is 7.67. The number of nitrogens with zero attached hydrogens (tertiary/aromatic N) is 1. The SMILES string of the molecule is C#C/C(N)=C(/N)c1cc(C)c2c(c1C)c1ccccc1n2Cc1ccc(C(=O)O)cc1. The smallest absolute Gasteiger partial charge is 0.335 e. The van der Waals surface area contributed by atoms with Crippen molar-refractivity contribution in [1.29, 1.82) is 0 Å². The number of carboxylic acid groups (broad SMARTS) is 1. The molecule has 0 aliphatic rings. The number of para-hydroxylation sites is 1. The second kappa shape index (κ2) is 7.58. The topological polar surface area (TPSA) is 94.3 Å². The first-order chi connectivity index (χ1) is 14.8. The lowest BCUT2D eigenvalue weighted by molar-refractivity contribution is 0.0697. The third-order valence-corrected chi connectivity index (χ3v) is 5.76. The normalized spacial score (nSPS) is 12.0. The van der Waals surface area contributed by atoms with E-state index in [0.29, 0.717) is 12.2 Å².